The molecule has 3 atom stereocenters. The summed E-state index contributed by atoms with van der Waals surface area (Å²) in [5.41, 5.74) is 5.66. The summed E-state index contributed by atoms with van der Waals surface area (Å²) < 4.78 is 5.90. The first kappa shape index (κ1) is 14.0. The smallest absolute Gasteiger partial charge is 0.241 e. The Bertz CT molecular complexity index is 444. The summed E-state index contributed by atoms with van der Waals surface area (Å²) in [5, 5.41) is 3.35. The standard InChI is InChI=1S/C17H28N2O2/c1-16(2)14-12(4-3-9-21-14)17(16,18)15(20)19-13(10-5-6-10)11-7-8-11/h10-14H,3-9,18H2,1-2H3,(H,19,20). The number of hydrogen-bond acceptors (Lipinski definition) is 3. The van der Waals surface area contributed by atoms with Gasteiger partial charge in [-0.25, -0.2) is 0 Å². The second kappa shape index (κ2) is 4.45. The molecule has 1 amide bonds. The van der Waals surface area contributed by atoms with Crippen LogP contribution in [0.5, 0.6) is 0 Å². The lowest BCUT2D eigenvalue weighted by molar-refractivity contribution is -0.225. The first-order chi connectivity index (χ1) is 9.96. The van der Waals surface area contributed by atoms with Gasteiger partial charge in [0.05, 0.1) is 6.10 Å². The molecule has 4 nitrogen and oxygen atoms in total. The van der Waals surface area contributed by atoms with E-state index in [4.69, 9.17) is 10.5 Å². The van der Waals surface area contributed by atoms with Crippen LogP contribution in [-0.4, -0.2) is 30.2 Å². The summed E-state index contributed by atoms with van der Waals surface area (Å²) in [7, 11) is 0. The van der Waals surface area contributed by atoms with Gasteiger partial charge in [0.15, 0.2) is 0 Å². The highest BCUT2D eigenvalue weighted by Crippen LogP contribution is 2.57. The molecule has 0 aromatic carbocycles. The van der Waals surface area contributed by atoms with Crippen molar-refractivity contribution in [3.05, 3.63) is 0 Å². The van der Waals surface area contributed by atoms with Crippen LogP contribution >= 0.6 is 0 Å². The average Bonchev–Trinajstić information content (AvgIpc) is 3.36. The summed E-state index contributed by atoms with van der Waals surface area (Å²) in [5.74, 6) is 1.71. The maximum absolute atomic E-state index is 13.0. The van der Waals surface area contributed by atoms with Crippen molar-refractivity contribution in [2.24, 2.45) is 28.9 Å². The number of amides is 1. The molecule has 0 spiro atoms. The molecule has 4 heteroatoms. The van der Waals surface area contributed by atoms with Crippen molar-refractivity contribution in [1.29, 1.82) is 0 Å². The van der Waals surface area contributed by atoms with E-state index in [1.165, 1.54) is 25.7 Å². The molecule has 0 aromatic heterocycles. The second-order valence-electron chi connectivity index (χ2n) is 8.30. The number of carbonyl (C=O) groups is 1. The molecule has 0 radical (unpaired) electrons. The van der Waals surface area contributed by atoms with Gasteiger partial charge in [-0.3, -0.25) is 4.79 Å². The van der Waals surface area contributed by atoms with Gasteiger partial charge in [-0.1, -0.05) is 13.8 Å². The molecule has 0 bridgehead atoms. The van der Waals surface area contributed by atoms with Crippen molar-refractivity contribution < 1.29 is 9.53 Å². The van der Waals surface area contributed by atoms with Crippen LogP contribution in [-0.2, 0) is 9.53 Å². The lowest BCUT2D eigenvalue weighted by atomic mass is 9.46. The molecular formula is C17H28N2O2. The Morgan fingerprint density at radius 3 is 2.38 bits per heavy atom. The van der Waals surface area contributed by atoms with Crippen molar-refractivity contribution in [2.45, 2.75) is 70.1 Å². The minimum absolute atomic E-state index is 0.0862. The van der Waals surface area contributed by atoms with E-state index in [2.05, 4.69) is 19.2 Å². The Kier molecular flexibility index (Phi) is 2.97. The third-order valence-electron chi connectivity index (χ3n) is 6.62. The van der Waals surface area contributed by atoms with E-state index in [9.17, 15) is 4.79 Å². The Balaban J connectivity index is 1.51. The van der Waals surface area contributed by atoms with Crippen LogP contribution in [0.4, 0.5) is 0 Å². The molecule has 0 aromatic rings. The van der Waals surface area contributed by atoms with Gasteiger partial charge in [0.1, 0.15) is 5.54 Å². The number of ether oxygens (including phenoxy) is 1. The highest BCUT2D eigenvalue weighted by atomic mass is 16.5. The fraction of sp³-hybridized carbons (Fsp3) is 0.941. The monoisotopic (exact) mass is 292 g/mol. The Morgan fingerprint density at radius 1 is 1.19 bits per heavy atom. The third kappa shape index (κ3) is 1.91. The van der Waals surface area contributed by atoms with E-state index >= 15 is 0 Å². The summed E-state index contributed by atoms with van der Waals surface area (Å²) in [6, 6.07) is 0.386. The van der Waals surface area contributed by atoms with Crippen molar-refractivity contribution in [3.8, 4) is 0 Å². The van der Waals surface area contributed by atoms with Gasteiger partial charge in [-0.15, -0.1) is 0 Å². The van der Waals surface area contributed by atoms with Gasteiger partial charge in [-0.05, 0) is 50.4 Å². The summed E-state index contributed by atoms with van der Waals surface area (Å²) in [6.07, 6.45) is 7.31. The fourth-order valence-electron chi connectivity index (χ4n) is 4.84. The molecule has 4 rings (SSSR count). The van der Waals surface area contributed by atoms with E-state index in [1.54, 1.807) is 0 Å². The number of rotatable bonds is 4. The Labute approximate surface area is 127 Å². The Hall–Kier alpha value is -0.610. The van der Waals surface area contributed by atoms with Gasteiger partial charge in [0.25, 0.3) is 0 Å². The predicted octanol–water partition coefficient (Wildman–Crippen LogP) is 1.82. The number of hydrogen-bond donors (Lipinski definition) is 2. The topological polar surface area (TPSA) is 64.3 Å². The molecule has 118 valence electrons. The van der Waals surface area contributed by atoms with E-state index in [0.717, 1.165) is 19.4 Å². The molecular weight excluding hydrogens is 264 g/mol. The molecule has 1 heterocycles. The zero-order valence-electron chi connectivity index (χ0n) is 13.2. The molecule has 3 N–H and O–H groups in total. The van der Waals surface area contributed by atoms with Crippen LogP contribution in [0.15, 0.2) is 0 Å². The van der Waals surface area contributed by atoms with Crippen LogP contribution < -0.4 is 11.1 Å². The van der Waals surface area contributed by atoms with Crippen molar-refractivity contribution in [1.82, 2.24) is 5.32 Å². The zero-order valence-corrected chi connectivity index (χ0v) is 13.2. The van der Waals surface area contributed by atoms with Gasteiger partial charge in [0.2, 0.25) is 5.91 Å². The van der Waals surface area contributed by atoms with Gasteiger partial charge in [-0.2, -0.15) is 0 Å². The van der Waals surface area contributed by atoms with Crippen molar-refractivity contribution >= 4 is 5.91 Å². The molecule has 3 saturated carbocycles. The largest absolute Gasteiger partial charge is 0.377 e. The van der Waals surface area contributed by atoms with E-state index in [1.807, 2.05) is 0 Å². The lowest BCUT2D eigenvalue weighted by Gasteiger charge is -2.65. The first-order valence-electron chi connectivity index (χ1n) is 8.67. The zero-order chi connectivity index (χ0) is 14.8. The van der Waals surface area contributed by atoms with Gasteiger partial charge < -0.3 is 15.8 Å². The molecule has 1 aliphatic heterocycles. The van der Waals surface area contributed by atoms with Crippen LogP contribution in [0.1, 0.15) is 52.4 Å². The second-order valence-corrected chi connectivity index (χ2v) is 8.30. The molecule has 3 unspecified atom stereocenters. The van der Waals surface area contributed by atoms with E-state index < -0.39 is 5.54 Å². The number of nitrogens with two attached hydrogens (primary N) is 1. The molecule has 4 fully saturated rings. The minimum atomic E-state index is -0.750. The van der Waals surface area contributed by atoms with Crippen LogP contribution in [0.3, 0.4) is 0 Å². The Morgan fingerprint density at radius 2 is 1.81 bits per heavy atom. The van der Waals surface area contributed by atoms with Crippen molar-refractivity contribution in [2.75, 3.05) is 6.61 Å². The molecule has 1 saturated heterocycles. The molecule has 21 heavy (non-hydrogen) atoms. The predicted molar refractivity (Wildman–Crippen MR) is 80.5 cm³/mol. The molecule has 4 aliphatic rings. The van der Waals surface area contributed by atoms with Gasteiger partial charge in [0, 0.05) is 24.0 Å². The van der Waals surface area contributed by atoms with Crippen LogP contribution in [0.2, 0.25) is 0 Å². The van der Waals surface area contributed by atoms with Gasteiger partial charge >= 0.3 is 0 Å². The minimum Gasteiger partial charge on any atom is -0.377 e. The van der Waals surface area contributed by atoms with E-state index in [0.29, 0.717) is 17.9 Å². The molecule has 3 aliphatic carbocycles. The summed E-state index contributed by atoms with van der Waals surface area (Å²) >= 11 is 0. The highest BCUT2D eigenvalue weighted by molar-refractivity contribution is 5.89. The fourth-order valence-corrected chi connectivity index (χ4v) is 4.84. The highest BCUT2D eigenvalue weighted by Gasteiger charge is 2.70. The van der Waals surface area contributed by atoms with E-state index in [-0.39, 0.29) is 23.3 Å². The maximum Gasteiger partial charge on any atom is 0.241 e. The number of carbonyl (C=O) groups excluding carboxylic acids is 1. The number of fused-ring (bicyclic) bond motifs is 1. The summed E-state index contributed by atoms with van der Waals surface area (Å²) in [4.78, 5) is 13.0. The third-order valence-corrected chi connectivity index (χ3v) is 6.62. The quantitative estimate of drug-likeness (QED) is 0.831. The van der Waals surface area contributed by atoms with Crippen LogP contribution in [0, 0.1) is 23.2 Å². The van der Waals surface area contributed by atoms with Crippen LogP contribution in [0.25, 0.3) is 0 Å². The average molecular weight is 292 g/mol. The normalized spacial score (nSPS) is 41.3. The number of nitrogens with one attached hydrogen (secondary N) is 1. The lowest BCUT2D eigenvalue weighted by Crippen LogP contribution is -2.82. The summed E-state index contributed by atoms with van der Waals surface area (Å²) in [6.45, 7) is 5.01. The van der Waals surface area contributed by atoms with Crippen molar-refractivity contribution in [3.63, 3.8) is 0 Å². The SMILES string of the molecule is CC1(C)C2OCCCC2C1(N)C(=O)NC(C1CC1)C1CC1. The maximum atomic E-state index is 13.0. The first-order valence-corrected chi connectivity index (χ1v) is 8.67.